The summed E-state index contributed by atoms with van der Waals surface area (Å²) in [5.74, 6) is 0.277. The molecule has 0 saturated carbocycles. The first kappa shape index (κ1) is 18.2. The van der Waals surface area contributed by atoms with Crippen molar-refractivity contribution >= 4 is 34.2 Å². The summed E-state index contributed by atoms with van der Waals surface area (Å²) in [4.78, 5) is 21.2. The maximum Gasteiger partial charge on any atom is 0.416 e. The van der Waals surface area contributed by atoms with Gasteiger partial charge in [-0.2, -0.15) is 13.2 Å². The van der Waals surface area contributed by atoms with E-state index in [-0.39, 0.29) is 18.0 Å². The molecule has 0 aliphatic carbocycles. The van der Waals surface area contributed by atoms with E-state index in [2.05, 4.69) is 15.3 Å². The third-order valence-electron chi connectivity index (χ3n) is 4.15. The molecule has 0 fully saturated rings. The Labute approximate surface area is 160 Å². The summed E-state index contributed by atoms with van der Waals surface area (Å²) in [5, 5.41) is 2.67. The van der Waals surface area contributed by atoms with Crippen LogP contribution in [0.25, 0.3) is 11.0 Å². The van der Waals surface area contributed by atoms with E-state index >= 15 is 0 Å². The standard InChI is InChI=1S/C18H13F3N4O2S/c1-10-15(28-9-22-10)16(26)24-17-23-13-7-11(18(19,20)21)4-5-14(13)25(17)8-12-3-2-6-27-12/h2-7,9H,8H2,1H3,(H,23,24,26). The molecule has 0 aliphatic rings. The fourth-order valence-electron chi connectivity index (χ4n) is 2.80. The van der Waals surface area contributed by atoms with E-state index in [1.165, 1.54) is 23.7 Å². The molecule has 0 atom stereocenters. The molecule has 4 aromatic rings. The van der Waals surface area contributed by atoms with Crippen LogP contribution in [0.3, 0.4) is 0 Å². The molecule has 6 nitrogen and oxygen atoms in total. The lowest BCUT2D eigenvalue weighted by atomic mass is 10.2. The van der Waals surface area contributed by atoms with Gasteiger partial charge in [0.15, 0.2) is 0 Å². The van der Waals surface area contributed by atoms with Crippen molar-refractivity contribution in [2.24, 2.45) is 0 Å². The van der Waals surface area contributed by atoms with E-state index in [0.29, 0.717) is 21.8 Å². The molecule has 3 aromatic heterocycles. The van der Waals surface area contributed by atoms with Crippen molar-refractivity contribution in [2.45, 2.75) is 19.6 Å². The van der Waals surface area contributed by atoms with Gasteiger partial charge in [-0.3, -0.25) is 10.1 Å². The lowest BCUT2D eigenvalue weighted by Crippen LogP contribution is -2.16. The molecule has 1 amide bonds. The van der Waals surface area contributed by atoms with Gasteiger partial charge >= 0.3 is 6.18 Å². The van der Waals surface area contributed by atoms with Crippen molar-refractivity contribution in [2.75, 3.05) is 5.32 Å². The second-order valence-electron chi connectivity index (χ2n) is 6.02. The zero-order valence-electron chi connectivity index (χ0n) is 14.4. The van der Waals surface area contributed by atoms with E-state index < -0.39 is 17.6 Å². The number of aryl methyl sites for hydroxylation is 1. The highest BCUT2D eigenvalue weighted by Gasteiger charge is 2.31. The lowest BCUT2D eigenvalue weighted by molar-refractivity contribution is -0.137. The average Bonchev–Trinajstić information content (AvgIpc) is 3.35. The first-order valence-electron chi connectivity index (χ1n) is 8.14. The number of fused-ring (bicyclic) bond motifs is 1. The summed E-state index contributed by atoms with van der Waals surface area (Å²) in [6.45, 7) is 1.90. The number of halogens is 3. The molecule has 0 radical (unpaired) electrons. The number of nitrogens with one attached hydrogen (secondary N) is 1. The van der Waals surface area contributed by atoms with Crippen LogP contribution >= 0.6 is 11.3 Å². The highest BCUT2D eigenvalue weighted by molar-refractivity contribution is 7.12. The van der Waals surface area contributed by atoms with E-state index in [1.807, 2.05) is 0 Å². The number of hydrogen-bond donors (Lipinski definition) is 1. The number of rotatable bonds is 4. The summed E-state index contributed by atoms with van der Waals surface area (Å²) < 4.78 is 46.1. The predicted molar refractivity (Wildman–Crippen MR) is 97.3 cm³/mol. The molecule has 3 heterocycles. The summed E-state index contributed by atoms with van der Waals surface area (Å²) in [7, 11) is 0. The van der Waals surface area contributed by atoms with Crippen LogP contribution in [-0.4, -0.2) is 20.4 Å². The average molecular weight is 406 g/mol. The number of anilines is 1. The Balaban J connectivity index is 1.78. The quantitative estimate of drug-likeness (QED) is 0.533. The summed E-state index contributed by atoms with van der Waals surface area (Å²) in [5.41, 5.74) is 1.87. The molecule has 28 heavy (non-hydrogen) atoms. The molecule has 0 unspecified atom stereocenters. The highest BCUT2D eigenvalue weighted by Crippen LogP contribution is 2.32. The fourth-order valence-corrected chi connectivity index (χ4v) is 3.50. The normalized spacial score (nSPS) is 11.9. The summed E-state index contributed by atoms with van der Waals surface area (Å²) in [6, 6.07) is 6.72. The molecule has 10 heteroatoms. The van der Waals surface area contributed by atoms with Crippen molar-refractivity contribution in [3.05, 3.63) is 64.0 Å². The van der Waals surface area contributed by atoms with E-state index in [1.54, 1.807) is 29.1 Å². The number of alkyl halides is 3. The van der Waals surface area contributed by atoms with Gasteiger partial charge in [-0.25, -0.2) is 9.97 Å². The monoisotopic (exact) mass is 406 g/mol. The van der Waals surface area contributed by atoms with E-state index in [4.69, 9.17) is 4.42 Å². The molecule has 1 aromatic carbocycles. The van der Waals surface area contributed by atoms with Gasteiger partial charge in [0.2, 0.25) is 5.95 Å². The molecule has 0 spiro atoms. The Morgan fingerprint density at radius 2 is 2.14 bits per heavy atom. The minimum atomic E-state index is -4.48. The van der Waals surface area contributed by atoms with Crippen molar-refractivity contribution in [1.29, 1.82) is 0 Å². The number of aromatic nitrogens is 3. The smallest absolute Gasteiger partial charge is 0.416 e. The van der Waals surface area contributed by atoms with Gasteiger partial charge in [-0.15, -0.1) is 11.3 Å². The van der Waals surface area contributed by atoms with Crippen molar-refractivity contribution in [1.82, 2.24) is 14.5 Å². The van der Waals surface area contributed by atoms with E-state index in [9.17, 15) is 18.0 Å². The fraction of sp³-hybridized carbons (Fsp3) is 0.167. The predicted octanol–water partition coefficient (Wildman–Crippen LogP) is 4.71. The molecule has 0 bridgehead atoms. The number of amides is 1. The molecular weight excluding hydrogens is 393 g/mol. The topological polar surface area (TPSA) is 73.0 Å². The van der Waals surface area contributed by atoms with Crippen molar-refractivity contribution in [3.8, 4) is 0 Å². The number of hydrogen-bond acceptors (Lipinski definition) is 5. The Morgan fingerprint density at radius 3 is 2.79 bits per heavy atom. The van der Waals surface area contributed by atoms with Crippen LogP contribution in [0.15, 0.2) is 46.5 Å². The van der Waals surface area contributed by atoms with Gasteiger partial charge < -0.3 is 8.98 Å². The van der Waals surface area contributed by atoms with Gasteiger partial charge in [0.1, 0.15) is 10.6 Å². The van der Waals surface area contributed by atoms with Gasteiger partial charge in [0.25, 0.3) is 5.91 Å². The Kier molecular flexibility index (Phi) is 4.42. The van der Waals surface area contributed by atoms with Crippen LogP contribution in [0.5, 0.6) is 0 Å². The lowest BCUT2D eigenvalue weighted by Gasteiger charge is -2.09. The van der Waals surface area contributed by atoms with E-state index in [0.717, 1.165) is 12.1 Å². The Morgan fingerprint density at radius 1 is 1.32 bits per heavy atom. The maximum absolute atomic E-state index is 13.0. The molecule has 144 valence electrons. The number of carbonyl (C=O) groups excluding carboxylic acids is 1. The largest absolute Gasteiger partial charge is 0.467 e. The minimum absolute atomic E-state index is 0.123. The molecule has 4 rings (SSSR count). The molecule has 1 N–H and O–H groups in total. The van der Waals surface area contributed by atoms with Crippen molar-refractivity contribution in [3.63, 3.8) is 0 Å². The third kappa shape index (κ3) is 3.38. The van der Waals surface area contributed by atoms with Crippen LogP contribution in [0.4, 0.5) is 19.1 Å². The van der Waals surface area contributed by atoms with Gasteiger partial charge in [0.05, 0.1) is 40.6 Å². The number of nitrogens with zero attached hydrogens (tertiary/aromatic N) is 3. The number of thiazole rings is 1. The molecule has 0 saturated heterocycles. The van der Waals surface area contributed by atoms with Gasteiger partial charge in [0, 0.05) is 0 Å². The second-order valence-corrected chi connectivity index (χ2v) is 6.88. The summed E-state index contributed by atoms with van der Waals surface area (Å²) >= 11 is 1.17. The molecular formula is C18H13F3N4O2S. The summed E-state index contributed by atoms with van der Waals surface area (Å²) in [6.07, 6.45) is -2.99. The maximum atomic E-state index is 13.0. The Bertz CT molecular complexity index is 1150. The van der Waals surface area contributed by atoms with Crippen molar-refractivity contribution < 1.29 is 22.4 Å². The Hall–Kier alpha value is -3.14. The first-order chi connectivity index (χ1) is 13.3. The number of benzene rings is 1. The third-order valence-corrected chi connectivity index (χ3v) is 5.07. The van der Waals surface area contributed by atoms with Gasteiger partial charge in [-0.1, -0.05) is 0 Å². The van der Waals surface area contributed by atoms with Crippen LogP contribution in [0, 0.1) is 6.92 Å². The zero-order valence-corrected chi connectivity index (χ0v) is 15.3. The highest BCUT2D eigenvalue weighted by atomic mass is 32.1. The SMILES string of the molecule is Cc1ncsc1C(=O)Nc1nc2cc(C(F)(F)F)ccc2n1Cc1ccco1. The number of imidazole rings is 1. The second kappa shape index (κ2) is 6.79. The van der Waals surface area contributed by atoms with Crippen LogP contribution < -0.4 is 5.32 Å². The minimum Gasteiger partial charge on any atom is -0.467 e. The zero-order chi connectivity index (χ0) is 19.9. The van der Waals surface area contributed by atoms with Crippen LogP contribution in [-0.2, 0) is 12.7 Å². The number of furan rings is 1. The number of carbonyl (C=O) groups is 1. The van der Waals surface area contributed by atoms with Crippen LogP contribution in [0.2, 0.25) is 0 Å². The van der Waals surface area contributed by atoms with Crippen LogP contribution in [0.1, 0.15) is 26.7 Å². The first-order valence-corrected chi connectivity index (χ1v) is 9.02. The van der Waals surface area contributed by atoms with Gasteiger partial charge in [-0.05, 0) is 37.3 Å². The molecule has 0 aliphatic heterocycles.